The molecule has 2 aromatic carbocycles. The van der Waals surface area contributed by atoms with Gasteiger partial charge in [0.1, 0.15) is 11.4 Å². The molecular weight excluding hydrogens is 372 g/mol. The number of nitrogen functional groups attached to an aromatic ring is 1. The van der Waals surface area contributed by atoms with Crippen LogP contribution in [0, 0.1) is 10.1 Å². The highest BCUT2D eigenvalue weighted by atomic mass is 35.5. The van der Waals surface area contributed by atoms with E-state index < -0.39 is 10.8 Å². The predicted molar refractivity (Wildman–Crippen MR) is 107 cm³/mol. The van der Waals surface area contributed by atoms with Gasteiger partial charge in [-0.3, -0.25) is 14.9 Å². The first kappa shape index (κ1) is 20.3. The highest BCUT2D eigenvalue weighted by Crippen LogP contribution is 2.32. The van der Waals surface area contributed by atoms with Crippen molar-refractivity contribution in [1.29, 1.82) is 0 Å². The average Bonchev–Trinajstić information content (AvgIpc) is 3.17. The zero-order chi connectivity index (χ0) is 18.7. The molecule has 9 heteroatoms. The van der Waals surface area contributed by atoms with E-state index in [1.807, 2.05) is 4.90 Å². The molecule has 0 spiro atoms. The number of carbonyl (C=O) groups is 1. The van der Waals surface area contributed by atoms with E-state index in [9.17, 15) is 14.9 Å². The zero-order valence-corrected chi connectivity index (χ0v) is 15.6. The molecule has 0 aromatic heterocycles. The SMILES string of the molecule is COc1ccc(N)c(NC(=O)c2ccc(N3CCCC3)c([N+](=O)[O-])c2)c1.Cl. The number of hydrogen-bond donors (Lipinski definition) is 2. The molecule has 27 heavy (non-hydrogen) atoms. The van der Waals surface area contributed by atoms with Crippen molar-refractivity contribution in [1.82, 2.24) is 0 Å². The minimum atomic E-state index is -0.471. The number of anilines is 3. The van der Waals surface area contributed by atoms with Crippen LogP contribution >= 0.6 is 12.4 Å². The molecule has 0 aliphatic carbocycles. The Bertz CT molecular complexity index is 853. The molecule has 3 rings (SSSR count). The lowest BCUT2D eigenvalue weighted by atomic mass is 10.1. The van der Waals surface area contributed by atoms with Gasteiger partial charge in [-0.1, -0.05) is 0 Å². The fraction of sp³-hybridized carbons (Fsp3) is 0.278. The number of benzene rings is 2. The van der Waals surface area contributed by atoms with E-state index in [1.54, 1.807) is 30.3 Å². The summed E-state index contributed by atoms with van der Waals surface area (Å²) in [6, 6.07) is 9.42. The first-order valence-electron chi connectivity index (χ1n) is 8.28. The summed E-state index contributed by atoms with van der Waals surface area (Å²) in [6.07, 6.45) is 2.02. The van der Waals surface area contributed by atoms with Crippen molar-refractivity contribution in [3.05, 3.63) is 52.1 Å². The molecule has 0 bridgehead atoms. The summed E-state index contributed by atoms with van der Waals surface area (Å²) in [6.45, 7) is 1.57. The Morgan fingerprint density at radius 3 is 2.56 bits per heavy atom. The molecule has 1 aliphatic rings. The first-order valence-corrected chi connectivity index (χ1v) is 8.28. The van der Waals surface area contributed by atoms with Gasteiger partial charge in [0.25, 0.3) is 11.6 Å². The molecule has 0 atom stereocenters. The molecule has 1 fully saturated rings. The fourth-order valence-corrected chi connectivity index (χ4v) is 3.00. The largest absolute Gasteiger partial charge is 0.497 e. The van der Waals surface area contributed by atoms with Crippen molar-refractivity contribution in [2.45, 2.75) is 12.8 Å². The van der Waals surface area contributed by atoms with Gasteiger partial charge in [-0.25, -0.2) is 0 Å². The van der Waals surface area contributed by atoms with E-state index >= 15 is 0 Å². The van der Waals surface area contributed by atoms with Gasteiger partial charge in [0.15, 0.2) is 0 Å². The van der Waals surface area contributed by atoms with E-state index in [-0.39, 0.29) is 23.7 Å². The Kier molecular flexibility index (Phi) is 6.46. The molecule has 0 radical (unpaired) electrons. The van der Waals surface area contributed by atoms with Crippen LogP contribution in [0.4, 0.5) is 22.7 Å². The summed E-state index contributed by atoms with van der Waals surface area (Å²) in [4.78, 5) is 25.5. The third kappa shape index (κ3) is 4.40. The Morgan fingerprint density at radius 2 is 1.93 bits per heavy atom. The minimum absolute atomic E-state index is 0. The fourth-order valence-electron chi connectivity index (χ4n) is 3.00. The number of halogens is 1. The van der Waals surface area contributed by atoms with Crippen LogP contribution in [0.1, 0.15) is 23.2 Å². The monoisotopic (exact) mass is 392 g/mol. The molecule has 0 saturated carbocycles. The van der Waals surface area contributed by atoms with Crippen LogP contribution in [0.15, 0.2) is 36.4 Å². The maximum absolute atomic E-state index is 12.5. The molecule has 8 nitrogen and oxygen atoms in total. The lowest BCUT2D eigenvalue weighted by Gasteiger charge is -2.18. The summed E-state index contributed by atoms with van der Waals surface area (Å²) in [5, 5.41) is 14.1. The number of carbonyl (C=O) groups excluding carboxylic acids is 1. The molecule has 3 N–H and O–H groups in total. The van der Waals surface area contributed by atoms with E-state index in [0.717, 1.165) is 25.9 Å². The van der Waals surface area contributed by atoms with Gasteiger partial charge in [0.2, 0.25) is 0 Å². The highest BCUT2D eigenvalue weighted by molar-refractivity contribution is 6.06. The topological polar surface area (TPSA) is 111 Å². The van der Waals surface area contributed by atoms with Crippen LogP contribution in [0.3, 0.4) is 0 Å². The van der Waals surface area contributed by atoms with Gasteiger partial charge in [-0.2, -0.15) is 0 Å². The van der Waals surface area contributed by atoms with Crippen LogP contribution in [0.5, 0.6) is 5.75 Å². The smallest absolute Gasteiger partial charge is 0.293 e. The molecule has 2 aromatic rings. The second-order valence-electron chi connectivity index (χ2n) is 6.06. The van der Waals surface area contributed by atoms with Gasteiger partial charge in [0.05, 0.1) is 23.4 Å². The van der Waals surface area contributed by atoms with Crippen molar-refractivity contribution in [3.8, 4) is 5.75 Å². The van der Waals surface area contributed by atoms with Crippen LogP contribution < -0.4 is 20.7 Å². The molecule has 144 valence electrons. The lowest BCUT2D eigenvalue weighted by molar-refractivity contribution is -0.384. The highest BCUT2D eigenvalue weighted by Gasteiger charge is 2.24. The second kappa shape index (κ2) is 8.59. The maximum atomic E-state index is 12.5. The maximum Gasteiger partial charge on any atom is 0.293 e. The minimum Gasteiger partial charge on any atom is -0.497 e. The first-order chi connectivity index (χ1) is 12.5. The standard InChI is InChI=1S/C18H20N4O4.ClH/c1-26-13-5-6-14(19)15(11-13)20-18(23)12-4-7-16(17(10-12)22(24)25)21-8-2-3-9-21;/h4-7,10-11H,2-3,8-9,19H2,1H3,(H,20,23);1H. The van der Waals surface area contributed by atoms with Gasteiger partial charge in [-0.15, -0.1) is 12.4 Å². The number of nitrogens with zero attached hydrogens (tertiary/aromatic N) is 2. The summed E-state index contributed by atoms with van der Waals surface area (Å²) < 4.78 is 5.12. The van der Waals surface area contributed by atoms with E-state index in [0.29, 0.717) is 22.8 Å². The summed E-state index contributed by atoms with van der Waals surface area (Å²) in [5.41, 5.74) is 7.31. The van der Waals surface area contributed by atoms with Crippen molar-refractivity contribution in [2.75, 3.05) is 36.1 Å². The average molecular weight is 393 g/mol. The van der Waals surface area contributed by atoms with Crippen LogP contribution in [-0.2, 0) is 0 Å². The van der Waals surface area contributed by atoms with Gasteiger partial charge >= 0.3 is 0 Å². The number of nitrogens with one attached hydrogen (secondary N) is 1. The number of nitrogens with two attached hydrogens (primary N) is 1. The normalized spacial score (nSPS) is 13.0. The third-order valence-corrected chi connectivity index (χ3v) is 4.39. The number of ether oxygens (including phenoxy) is 1. The van der Waals surface area contributed by atoms with Gasteiger partial charge < -0.3 is 20.7 Å². The number of rotatable bonds is 5. The Morgan fingerprint density at radius 1 is 1.22 bits per heavy atom. The summed E-state index contributed by atoms with van der Waals surface area (Å²) in [7, 11) is 1.51. The van der Waals surface area contributed by atoms with Crippen molar-refractivity contribution in [2.24, 2.45) is 0 Å². The molecule has 1 amide bonds. The number of amides is 1. The molecule has 1 aliphatic heterocycles. The number of hydrogen-bond acceptors (Lipinski definition) is 6. The second-order valence-corrected chi connectivity index (χ2v) is 6.06. The molecule has 1 saturated heterocycles. The molecule has 0 unspecified atom stereocenters. The number of nitro groups is 1. The number of methoxy groups -OCH3 is 1. The van der Waals surface area contributed by atoms with Crippen molar-refractivity contribution < 1.29 is 14.5 Å². The lowest BCUT2D eigenvalue weighted by Crippen LogP contribution is -2.20. The van der Waals surface area contributed by atoms with Gasteiger partial charge in [0, 0.05) is 30.8 Å². The van der Waals surface area contributed by atoms with Crippen LogP contribution in [0.2, 0.25) is 0 Å². The third-order valence-electron chi connectivity index (χ3n) is 4.39. The van der Waals surface area contributed by atoms with Crippen molar-refractivity contribution >= 4 is 41.1 Å². The van der Waals surface area contributed by atoms with E-state index in [2.05, 4.69) is 5.32 Å². The molecule has 1 heterocycles. The van der Waals surface area contributed by atoms with Crippen LogP contribution in [0.25, 0.3) is 0 Å². The predicted octanol–water partition coefficient (Wildman–Crippen LogP) is 3.46. The quantitative estimate of drug-likeness (QED) is 0.458. The van der Waals surface area contributed by atoms with Crippen LogP contribution in [-0.4, -0.2) is 31.0 Å². The Labute approximate surface area is 162 Å². The van der Waals surface area contributed by atoms with Gasteiger partial charge in [-0.05, 0) is 37.1 Å². The van der Waals surface area contributed by atoms with E-state index in [4.69, 9.17) is 10.5 Å². The summed E-state index contributed by atoms with van der Waals surface area (Å²) >= 11 is 0. The number of nitro benzene ring substituents is 1. The van der Waals surface area contributed by atoms with Crippen molar-refractivity contribution in [3.63, 3.8) is 0 Å². The van der Waals surface area contributed by atoms with E-state index in [1.165, 1.54) is 13.2 Å². The molecular formula is C18H21ClN4O4. The zero-order valence-electron chi connectivity index (χ0n) is 14.8. The Hall–Kier alpha value is -3.00. The Balaban J connectivity index is 0.00000261. The summed E-state index contributed by atoms with van der Waals surface area (Å²) in [5.74, 6) is 0.0749.